The molecule has 0 unspecified atom stereocenters. The lowest BCUT2D eigenvalue weighted by atomic mass is 10.2. The number of aryl methyl sites for hydroxylation is 2. The fourth-order valence-electron chi connectivity index (χ4n) is 2.91. The van der Waals surface area contributed by atoms with Crippen LogP contribution in [-0.4, -0.2) is 34.3 Å². The van der Waals surface area contributed by atoms with E-state index in [1.807, 2.05) is 23.0 Å². The molecule has 5 aromatic rings. The van der Waals surface area contributed by atoms with Gasteiger partial charge < -0.3 is 10.2 Å². The van der Waals surface area contributed by atoms with E-state index in [1.165, 1.54) is 4.52 Å². The van der Waals surface area contributed by atoms with Gasteiger partial charge in [0, 0.05) is 18.9 Å². The van der Waals surface area contributed by atoms with E-state index in [2.05, 4.69) is 25.1 Å². The van der Waals surface area contributed by atoms with Gasteiger partial charge in [-0.2, -0.15) is 14.6 Å². The number of aromatic nitrogens is 7. The van der Waals surface area contributed by atoms with Crippen molar-refractivity contribution in [2.75, 3.05) is 5.73 Å². The smallest absolute Gasteiger partial charge is 0.225 e. The summed E-state index contributed by atoms with van der Waals surface area (Å²) in [5.74, 6) is 1.28. The van der Waals surface area contributed by atoms with Crippen molar-refractivity contribution in [2.24, 2.45) is 0 Å². The van der Waals surface area contributed by atoms with E-state index >= 15 is 0 Å². The minimum Gasteiger partial charge on any atom is -0.461 e. The number of hydrogen-bond acceptors (Lipinski definition) is 7. The van der Waals surface area contributed by atoms with Crippen LogP contribution in [0.4, 0.5) is 5.95 Å². The van der Waals surface area contributed by atoms with Crippen molar-refractivity contribution in [1.29, 1.82) is 0 Å². The lowest BCUT2D eigenvalue weighted by Crippen LogP contribution is -2.07. The Labute approximate surface area is 147 Å². The molecule has 0 radical (unpaired) electrons. The van der Waals surface area contributed by atoms with E-state index in [0.717, 1.165) is 17.4 Å². The molecule has 0 amide bonds. The molecule has 0 saturated carbocycles. The highest BCUT2D eigenvalue weighted by Gasteiger charge is 2.17. The van der Waals surface area contributed by atoms with Crippen LogP contribution in [0.1, 0.15) is 5.56 Å². The predicted octanol–water partition coefficient (Wildman–Crippen LogP) is 1.95. The first-order valence-corrected chi connectivity index (χ1v) is 8.10. The van der Waals surface area contributed by atoms with E-state index in [-0.39, 0.29) is 5.95 Å². The second-order valence-corrected chi connectivity index (χ2v) is 5.83. The second kappa shape index (κ2) is 5.66. The van der Waals surface area contributed by atoms with Gasteiger partial charge in [0.05, 0.1) is 17.8 Å². The molecular formula is C17H14N8O. The van der Waals surface area contributed by atoms with Gasteiger partial charge in [0.25, 0.3) is 0 Å². The maximum absolute atomic E-state index is 6.09. The molecule has 0 saturated heterocycles. The van der Waals surface area contributed by atoms with Crippen LogP contribution < -0.4 is 5.73 Å². The Hall–Kier alpha value is -3.75. The van der Waals surface area contributed by atoms with Crippen LogP contribution in [-0.2, 0) is 13.0 Å². The SMILES string of the molecule is Nc1nc2c(cnn2CCc2cccnc2)c2nc(-c3ccco3)nn12. The molecule has 0 aliphatic heterocycles. The minimum absolute atomic E-state index is 0.251. The molecule has 5 heterocycles. The number of hydrogen-bond donors (Lipinski definition) is 1. The number of nitrogen functional groups attached to an aromatic ring is 1. The highest BCUT2D eigenvalue weighted by molar-refractivity contribution is 5.90. The third kappa shape index (κ3) is 2.29. The van der Waals surface area contributed by atoms with Gasteiger partial charge in [-0.15, -0.1) is 5.10 Å². The van der Waals surface area contributed by atoms with Crippen LogP contribution in [0.3, 0.4) is 0 Å². The molecule has 9 nitrogen and oxygen atoms in total. The molecule has 0 aromatic carbocycles. The van der Waals surface area contributed by atoms with Crippen LogP contribution in [0.15, 0.2) is 53.5 Å². The van der Waals surface area contributed by atoms with E-state index in [9.17, 15) is 0 Å². The number of pyridine rings is 1. The lowest BCUT2D eigenvalue weighted by molar-refractivity contribution is 0.577. The van der Waals surface area contributed by atoms with Crippen molar-refractivity contribution in [3.63, 3.8) is 0 Å². The van der Waals surface area contributed by atoms with Gasteiger partial charge in [0.15, 0.2) is 17.1 Å². The summed E-state index contributed by atoms with van der Waals surface area (Å²) in [5, 5.41) is 9.62. The van der Waals surface area contributed by atoms with Crippen molar-refractivity contribution in [3.05, 3.63) is 54.7 Å². The summed E-state index contributed by atoms with van der Waals surface area (Å²) in [6, 6.07) is 7.54. The zero-order valence-corrected chi connectivity index (χ0v) is 13.6. The van der Waals surface area contributed by atoms with E-state index in [1.54, 1.807) is 30.8 Å². The molecule has 26 heavy (non-hydrogen) atoms. The minimum atomic E-state index is 0.251. The first kappa shape index (κ1) is 14.6. The van der Waals surface area contributed by atoms with E-state index in [4.69, 9.17) is 10.2 Å². The van der Waals surface area contributed by atoms with E-state index in [0.29, 0.717) is 29.4 Å². The average Bonchev–Trinajstić information content (AvgIpc) is 3.39. The third-order valence-electron chi connectivity index (χ3n) is 4.17. The van der Waals surface area contributed by atoms with Gasteiger partial charge >= 0.3 is 0 Å². The molecule has 128 valence electrons. The Bertz CT molecular complexity index is 1190. The number of rotatable bonds is 4. The highest BCUT2D eigenvalue weighted by Crippen LogP contribution is 2.23. The van der Waals surface area contributed by atoms with Crippen molar-refractivity contribution in [3.8, 4) is 11.6 Å². The monoisotopic (exact) mass is 346 g/mol. The van der Waals surface area contributed by atoms with Crippen LogP contribution in [0.2, 0.25) is 0 Å². The van der Waals surface area contributed by atoms with E-state index < -0.39 is 0 Å². The molecule has 5 aromatic heterocycles. The summed E-state index contributed by atoms with van der Waals surface area (Å²) in [7, 11) is 0. The Morgan fingerprint density at radius 2 is 2.04 bits per heavy atom. The van der Waals surface area contributed by atoms with Crippen molar-refractivity contribution in [1.82, 2.24) is 34.3 Å². The van der Waals surface area contributed by atoms with Crippen LogP contribution in [0.5, 0.6) is 0 Å². The molecule has 0 spiro atoms. The molecule has 5 rings (SSSR count). The summed E-state index contributed by atoms with van der Waals surface area (Å²) >= 11 is 0. The molecule has 0 fully saturated rings. The Balaban J connectivity index is 1.58. The molecule has 0 aliphatic rings. The van der Waals surface area contributed by atoms with Crippen molar-refractivity contribution < 1.29 is 4.42 Å². The first-order chi connectivity index (χ1) is 12.8. The van der Waals surface area contributed by atoms with Gasteiger partial charge in [-0.1, -0.05) is 6.07 Å². The van der Waals surface area contributed by atoms with Gasteiger partial charge in [-0.25, -0.2) is 9.67 Å². The highest BCUT2D eigenvalue weighted by atomic mass is 16.3. The number of anilines is 1. The summed E-state index contributed by atoms with van der Waals surface area (Å²) < 4.78 is 8.69. The molecule has 0 atom stereocenters. The largest absolute Gasteiger partial charge is 0.461 e. The second-order valence-electron chi connectivity index (χ2n) is 5.83. The molecule has 9 heteroatoms. The standard InChI is InChI=1S/C17H14N8O/c18-17-22-15-12(10-20-24(15)7-5-11-3-1-6-19-9-11)16-21-14(23-25(16)17)13-4-2-8-26-13/h1-4,6,8-10H,5,7H2,(H2,18,22). The maximum atomic E-state index is 6.09. The van der Waals surface area contributed by atoms with Crippen molar-refractivity contribution >= 4 is 22.6 Å². The summed E-state index contributed by atoms with van der Waals surface area (Å²) in [6.07, 6.45) is 7.71. The zero-order valence-electron chi connectivity index (χ0n) is 13.6. The van der Waals surface area contributed by atoms with Gasteiger partial charge in [-0.3, -0.25) is 4.98 Å². The molecule has 2 N–H and O–H groups in total. The lowest BCUT2D eigenvalue weighted by Gasteiger charge is -2.04. The molecule has 0 bridgehead atoms. The summed E-state index contributed by atoms with van der Waals surface area (Å²) in [5.41, 5.74) is 8.51. The number of furan rings is 1. The van der Waals surface area contributed by atoms with Crippen LogP contribution in [0.25, 0.3) is 28.3 Å². The number of nitrogens with two attached hydrogens (primary N) is 1. The average molecular weight is 346 g/mol. The van der Waals surface area contributed by atoms with Gasteiger partial charge in [0.2, 0.25) is 11.8 Å². The number of nitrogens with zero attached hydrogens (tertiary/aromatic N) is 7. The fourth-order valence-corrected chi connectivity index (χ4v) is 2.91. The molecular weight excluding hydrogens is 332 g/mol. The van der Waals surface area contributed by atoms with Gasteiger partial charge in [-0.05, 0) is 30.2 Å². The Kier molecular flexibility index (Phi) is 3.17. The first-order valence-electron chi connectivity index (χ1n) is 8.10. The fraction of sp³-hybridized carbons (Fsp3) is 0.118. The quantitative estimate of drug-likeness (QED) is 0.529. The topological polar surface area (TPSA) is 113 Å². The summed E-state index contributed by atoms with van der Waals surface area (Å²) in [6.45, 7) is 0.664. The zero-order chi connectivity index (χ0) is 17.5. The molecule has 0 aliphatic carbocycles. The van der Waals surface area contributed by atoms with Crippen molar-refractivity contribution in [2.45, 2.75) is 13.0 Å². The van der Waals surface area contributed by atoms with Crippen LogP contribution in [0, 0.1) is 0 Å². The number of fused-ring (bicyclic) bond motifs is 3. The van der Waals surface area contributed by atoms with Gasteiger partial charge in [0.1, 0.15) is 0 Å². The maximum Gasteiger partial charge on any atom is 0.225 e. The predicted molar refractivity (Wildman–Crippen MR) is 94.1 cm³/mol. The third-order valence-corrected chi connectivity index (χ3v) is 4.17. The Morgan fingerprint density at radius 3 is 2.85 bits per heavy atom. The van der Waals surface area contributed by atoms with Crippen LogP contribution >= 0.6 is 0 Å². The Morgan fingerprint density at radius 1 is 1.08 bits per heavy atom. The summed E-state index contributed by atoms with van der Waals surface area (Å²) in [4.78, 5) is 13.1. The normalized spacial score (nSPS) is 11.5.